The molecule has 1 N–H and O–H groups in total. The topological polar surface area (TPSA) is 49.4 Å². The Kier molecular flexibility index (Phi) is 4.42. The zero-order chi connectivity index (χ0) is 16.2. The number of hydrogen-bond acceptors (Lipinski definition) is 2. The van der Waals surface area contributed by atoms with Crippen LogP contribution < -0.4 is 5.32 Å². The van der Waals surface area contributed by atoms with E-state index in [4.69, 9.17) is 0 Å². The first-order chi connectivity index (χ1) is 11.1. The van der Waals surface area contributed by atoms with Crippen LogP contribution in [0.25, 0.3) is 0 Å². The van der Waals surface area contributed by atoms with Gasteiger partial charge in [0.05, 0.1) is 0 Å². The van der Waals surface area contributed by atoms with Gasteiger partial charge in [-0.2, -0.15) is 0 Å². The summed E-state index contributed by atoms with van der Waals surface area (Å²) >= 11 is 0. The number of amides is 2. The van der Waals surface area contributed by atoms with Crippen molar-refractivity contribution in [2.24, 2.45) is 0 Å². The first kappa shape index (κ1) is 15.3. The summed E-state index contributed by atoms with van der Waals surface area (Å²) in [5, 5.41) is 2.77. The highest BCUT2D eigenvalue weighted by Crippen LogP contribution is 2.14. The van der Waals surface area contributed by atoms with Crippen molar-refractivity contribution < 1.29 is 9.59 Å². The lowest BCUT2D eigenvalue weighted by Crippen LogP contribution is -2.55. The van der Waals surface area contributed by atoms with E-state index in [9.17, 15) is 9.59 Å². The Balaban J connectivity index is 1.71. The van der Waals surface area contributed by atoms with Gasteiger partial charge < -0.3 is 10.2 Å². The monoisotopic (exact) mass is 308 g/mol. The van der Waals surface area contributed by atoms with E-state index < -0.39 is 6.04 Å². The molecule has 1 heterocycles. The van der Waals surface area contributed by atoms with Gasteiger partial charge in [-0.3, -0.25) is 9.59 Å². The van der Waals surface area contributed by atoms with E-state index in [1.54, 1.807) is 11.8 Å². The number of carbonyl (C=O) groups is 2. The molecule has 0 spiro atoms. The van der Waals surface area contributed by atoms with Crippen LogP contribution in [-0.2, 0) is 11.2 Å². The molecule has 1 saturated heterocycles. The highest BCUT2D eigenvalue weighted by atomic mass is 16.2. The van der Waals surface area contributed by atoms with Crippen LogP contribution in [0.15, 0.2) is 54.6 Å². The summed E-state index contributed by atoms with van der Waals surface area (Å²) in [5.41, 5.74) is 3.04. The van der Waals surface area contributed by atoms with E-state index in [0.29, 0.717) is 18.7 Å². The maximum atomic E-state index is 12.6. The van der Waals surface area contributed by atoms with Gasteiger partial charge in [-0.1, -0.05) is 42.5 Å². The van der Waals surface area contributed by atoms with Gasteiger partial charge in [0.1, 0.15) is 6.04 Å². The van der Waals surface area contributed by atoms with Gasteiger partial charge >= 0.3 is 0 Å². The summed E-state index contributed by atoms with van der Waals surface area (Å²) in [6, 6.07) is 17.5. The second-order valence-electron chi connectivity index (χ2n) is 5.82. The molecule has 2 aromatic rings. The van der Waals surface area contributed by atoms with E-state index in [1.807, 2.05) is 42.5 Å². The van der Waals surface area contributed by atoms with Gasteiger partial charge in [0.15, 0.2) is 0 Å². The highest BCUT2D eigenvalue weighted by Gasteiger charge is 2.29. The van der Waals surface area contributed by atoms with Crippen LogP contribution >= 0.6 is 0 Å². The van der Waals surface area contributed by atoms with Crippen LogP contribution in [0, 0.1) is 0 Å². The molecule has 4 heteroatoms. The van der Waals surface area contributed by atoms with Crippen molar-refractivity contribution in [3.05, 3.63) is 71.3 Å². The standard InChI is InChI=1S/C19H20N2O2/c1-14-18(22)20-11-12-21(14)19(23)17-9-7-16(8-10-17)13-15-5-3-2-4-6-15/h2-10,14H,11-13H2,1H3,(H,20,22)/t14-/m0/s1. The smallest absolute Gasteiger partial charge is 0.254 e. The largest absolute Gasteiger partial charge is 0.353 e. The molecule has 1 atom stereocenters. The van der Waals surface area contributed by atoms with Crippen LogP contribution in [0.3, 0.4) is 0 Å². The van der Waals surface area contributed by atoms with Gasteiger partial charge in [-0.15, -0.1) is 0 Å². The average molecular weight is 308 g/mol. The molecular formula is C19H20N2O2. The van der Waals surface area contributed by atoms with Crippen molar-refractivity contribution in [3.8, 4) is 0 Å². The van der Waals surface area contributed by atoms with Crippen molar-refractivity contribution in [3.63, 3.8) is 0 Å². The minimum Gasteiger partial charge on any atom is -0.353 e. The quantitative estimate of drug-likeness (QED) is 0.945. The summed E-state index contributed by atoms with van der Waals surface area (Å²) in [6.07, 6.45) is 0.845. The second kappa shape index (κ2) is 6.65. The average Bonchev–Trinajstić information content (AvgIpc) is 2.58. The lowest BCUT2D eigenvalue weighted by Gasteiger charge is -2.32. The number of rotatable bonds is 3. The van der Waals surface area contributed by atoms with Crippen LogP contribution in [0.5, 0.6) is 0 Å². The highest BCUT2D eigenvalue weighted by molar-refractivity contribution is 5.98. The SMILES string of the molecule is C[C@H]1C(=O)NCCN1C(=O)c1ccc(Cc2ccccc2)cc1. The molecule has 0 aliphatic carbocycles. The van der Waals surface area contributed by atoms with Crippen molar-refractivity contribution in [1.29, 1.82) is 0 Å². The summed E-state index contributed by atoms with van der Waals surface area (Å²) in [7, 11) is 0. The molecule has 3 rings (SSSR count). The third-order valence-corrected chi connectivity index (χ3v) is 4.21. The van der Waals surface area contributed by atoms with Gasteiger partial charge in [0, 0.05) is 18.7 Å². The van der Waals surface area contributed by atoms with Crippen LogP contribution in [-0.4, -0.2) is 35.8 Å². The van der Waals surface area contributed by atoms with Crippen LogP contribution in [0.2, 0.25) is 0 Å². The molecular weight excluding hydrogens is 288 g/mol. The molecule has 0 radical (unpaired) electrons. The molecule has 1 fully saturated rings. The zero-order valence-electron chi connectivity index (χ0n) is 13.2. The fourth-order valence-corrected chi connectivity index (χ4v) is 2.82. The predicted octanol–water partition coefficient (Wildman–Crippen LogP) is 2.24. The maximum Gasteiger partial charge on any atom is 0.254 e. The maximum absolute atomic E-state index is 12.6. The molecule has 1 aliphatic rings. The molecule has 1 aliphatic heterocycles. The van der Waals surface area contributed by atoms with Crippen molar-refractivity contribution >= 4 is 11.8 Å². The zero-order valence-corrected chi connectivity index (χ0v) is 13.2. The molecule has 118 valence electrons. The number of piperazine rings is 1. The minimum atomic E-state index is -0.416. The molecule has 0 saturated carbocycles. The van der Waals surface area contributed by atoms with Crippen LogP contribution in [0.4, 0.5) is 0 Å². The van der Waals surface area contributed by atoms with Crippen LogP contribution in [0.1, 0.15) is 28.4 Å². The van der Waals surface area contributed by atoms with Gasteiger partial charge in [0.2, 0.25) is 5.91 Å². The number of benzene rings is 2. The van der Waals surface area contributed by atoms with E-state index in [2.05, 4.69) is 17.4 Å². The Labute approximate surface area is 136 Å². The Morgan fingerprint density at radius 1 is 1.09 bits per heavy atom. The van der Waals surface area contributed by atoms with Gasteiger partial charge in [0.25, 0.3) is 5.91 Å². The van der Waals surface area contributed by atoms with Gasteiger partial charge in [-0.25, -0.2) is 0 Å². The predicted molar refractivity (Wildman–Crippen MR) is 89.2 cm³/mol. The van der Waals surface area contributed by atoms with E-state index >= 15 is 0 Å². The summed E-state index contributed by atoms with van der Waals surface area (Å²) < 4.78 is 0. The molecule has 0 unspecified atom stereocenters. The number of hydrogen-bond donors (Lipinski definition) is 1. The Hall–Kier alpha value is -2.62. The molecule has 4 nitrogen and oxygen atoms in total. The Morgan fingerprint density at radius 2 is 1.74 bits per heavy atom. The second-order valence-corrected chi connectivity index (χ2v) is 5.82. The lowest BCUT2D eigenvalue weighted by molar-refractivity contribution is -0.127. The number of nitrogens with zero attached hydrogens (tertiary/aromatic N) is 1. The molecule has 0 aromatic heterocycles. The van der Waals surface area contributed by atoms with E-state index in [-0.39, 0.29) is 11.8 Å². The van der Waals surface area contributed by atoms with E-state index in [0.717, 1.165) is 12.0 Å². The minimum absolute atomic E-state index is 0.0846. The van der Waals surface area contributed by atoms with Crippen molar-refractivity contribution in [1.82, 2.24) is 10.2 Å². The Morgan fingerprint density at radius 3 is 2.43 bits per heavy atom. The van der Waals surface area contributed by atoms with Crippen molar-refractivity contribution in [2.75, 3.05) is 13.1 Å². The summed E-state index contributed by atoms with van der Waals surface area (Å²) in [6.45, 7) is 2.83. The first-order valence-electron chi connectivity index (χ1n) is 7.87. The van der Waals surface area contributed by atoms with Crippen molar-refractivity contribution in [2.45, 2.75) is 19.4 Å². The fourth-order valence-electron chi connectivity index (χ4n) is 2.82. The molecule has 2 aromatic carbocycles. The Bertz CT molecular complexity index is 695. The third-order valence-electron chi connectivity index (χ3n) is 4.21. The molecule has 0 bridgehead atoms. The summed E-state index contributed by atoms with van der Waals surface area (Å²) in [5.74, 6) is -0.177. The van der Waals surface area contributed by atoms with Gasteiger partial charge in [-0.05, 0) is 36.6 Å². The first-order valence-corrected chi connectivity index (χ1v) is 7.87. The summed E-state index contributed by atoms with van der Waals surface area (Å²) in [4.78, 5) is 25.9. The lowest BCUT2D eigenvalue weighted by atomic mass is 10.0. The number of carbonyl (C=O) groups excluding carboxylic acids is 2. The molecule has 2 amide bonds. The molecule has 23 heavy (non-hydrogen) atoms. The number of nitrogens with one attached hydrogen (secondary N) is 1. The third kappa shape index (κ3) is 3.42. The fraction of sp³-hybridized carbons (Fsp3) is 0.263. The van der Waals surface area contributed by atoms with E-state index in [1.165, 1.54) is 5.56 Å². The normalized spacial score (nSPS) is 17.7.